The molecule has 0 fully saturated rings. The fourth-order valence-corrected chi connectivity index (χ4v) is 5.58. The molecule has 2 aromatic rings. The summed E-state index contributed by atoms with van der Waals surface area (Å²) in [5.74, 6) is 1.33. The van der Waals surface area contributed by atoms with Gasteiger partial charge in [0.1, 0.15) is 19.3 Å². The zero-order valence-electron chi connectivity index (χ0n) is 25.6. The Bertz CT molecular complexity index is 990. The van der Waals surface area contributed by atoms with Crippen molar-refractivity contribution in [1.29, 1.82) is 0 Å². The van der Waals surface area contributed by atoms with Crippen molar-refractivity contribution in [2.45, 2.75) is 116 Å². The van der Waals surface area contributed by atoms with Crippen molar-refractivity contribution in [3.8, 4) is 11.5 Å². The van der Waals surface area contributed by atoms with Gasteiger partial charge in [0.05, 0.1) is 6.04 Å². The molecule has 6 heteroatoms. The number of fused-ring (bicyclic) bond motifs is 1. The van der Waals surface area contributed by atoms with E-state index in [4.69, 9.17) is 9.47 Å². The monoisotopic (exact) mass is 568 g/mol. The average Bonchev–Trinajstić information content (AvgIpc) is 2.99. The van der Waals surface area contributed by atoms with Crippen molar-refractivity contribution in [3.05, 3.63) is 59.7 Å². The van der Waals surface area contributed by atoms with Gasteiger partial charge in [-0.25, -0.2) is 0 Å². The molecule has 0 saturated heterocycles. The maximum atomic E-state index is 13.0. The zero-order chi connectivity index (χ0) is 29.1. The van der Waals surface area contributed by atoms with Crippen LogP contribution in [0.1, 0.15) is 115 Å². The lowest BCUT2D eigenvalue weighted by Crippen LogP contribution is -2.46. The summed E-state index contributed by atoms with van der Waals surface area (Å²) in [5, 5.41) is 14.5. The molecule has 1 aliphatic heterocycles. The van der Waals surface area contributed by atoms with Crippen molar-refractivity contribution >= 4 is 5.91 Å². The van der Waals surface area contributed by atoms with Gasteiger partial charge in [0.15, 0.2) is 11.5 Å². The molecule has 0 aromatic heterocycles. The summed E-state index contributed by atoms with van der Waals surface area (Å²) >= 11 is 0. The van der Waals surface area contributed by atoms with Crippen LogP contribution in [-0.4, -0.2) is 48.8 Å². The van der Waals surface area contributed by atoms with Gasteiger partial charge in [0, 0.05) is 20.9 Å². The molecule has 1 amide bonds. The summed E-state index contributed by atoms with van der Waals surface area (Å²) < 4.78 is 11.4. The number of nitrogens with one attached hydrogen (secondary N) is 1. The normalized spacial score (nSPS) is 14.1. The molecule has 3 rings (SSSR count). The minimum atomic E-state index is -0.861. The number of aliphatic hydroxyl groups excluding tert-OH is 1. The highest BCUT2D eigenvalue weighted by atomic mass is 16.6. The summed E-state index contributed by atoms with van der Waals surface area (Å²) in [4.78, 5) is 15.1. The van der Waals surface area contributed by atoms with Crippen molar-refractivity contribution in [2.75, 3.05) is 26.8 Å². The smallest absolute Gasteiger partial charge is 0.220 e. The predicted molar refractivity (Wildman–Crippen MR) is 170 cm³/mol. The molecule has 1 aliphatic rings. The molecule has 0 aliphatic carbocycles. The van der Waals surface area contributed by atoms with E-state index in [0.717, 1.165) is 19.4 Å². The Morgan fingerprint density at radius 3 is 2.07 bits per heavy atom. The third-order valence-electron chi connectivity index (χ3n) is 7.95. The number of hydrogen-bond acceptors (Lipinski definition) is 5. The molecule has 0 radical (unpaired) electrons. The Morgan fingerprint density at radius 1 is 0.854 bits per heavy atom. The van der Waals surface area contributed by atoms with Crippen LogP contribution in [0.25, 0.3) is 0 Å². The molecule has 0 spiro atoms. The van der Waals surface area contributed by atoms with Crippen molar-refractivity contribution in [2.24, 2.45) is 0 Å². The number of ether oxygens (including phenoxy) is 2. The number of rotatable bonds is 21. The van der Waals surface area contributed by atoms with E-state index in [9.17, 15) is 9.90 Å². The van der Waals surface area contributed by atoms with Crippen molar-refractivity contribution < 1.29 is 20.8 Å². The second-order valence-electron chi connectivity index (χ2n) is 11.7. The Kier molecular flexibility index (Phi) is 15.7. The molecule has 41 heavy (non-hydrogen) atoms. The molecule has 0 bridgehead atoms. The first-order valence-corrected chi connectivity index (χ1v) is 16.2. The van der Waals surface area contributed by atoms with Gasteiger partial charge in [-0.05, 0) is 36.7 Å². The minimum absolute atomic E-state index is 0. The zero-order valence-corrected chi connectivity index (χ0v) is 25.6. The lowest BCUT2D eigenvalue weighted by Gasteiger charge is -2.30. The van der Waals surface area contributed by atoms with Crippen molar-refractivity contribution in [3.63, 3.8) is 0 Å². The number of unbranched alkanes of at least 4 members (excludes halogenated alkanes) is 12. The second-order valence-corrected chi connectivity index (χ2v) is 11.7. The fraction of sp³-hybridized carbons (Fsp3) is 0.629. The molecular weight excluding hydrogens is 512 g/mol. The highest BCUT2D eigenvalue weighted by Crippen LogP contribution is 2.33. The third-order valence-corrected chi connectivity index (χ3v) is 7.95. The van der Waals surface area contributed by atoms with E-state index >= 15 is 0 Å². The second kappa shape index (κ2) is 19.5. The number of hydrogen-bond donors (Lipinski definition) is 2. The number of carbonyl (C=O) groups is 1. The summed E-state index contributed by atoms with van der Waals surface area (Å²) in [5.41, 5.74) is 1.91. The fourth-order valence-electron chi connectivity index (χ4n) is 5.58. The highest BCUT2D eigenvalue weighted by molar-refractivity contribution is 5.76. The minimum Gasteiger partial charge on any atom is -0.486 e. The van der Waals surface area contributed by atoms with Crippen LogP contribution in [0.3, 0.4) is 0 Å². The van der Waals surface area contributed by atoms with Crippen LogP contribution in [0.5, 0.6) is 11.5 Å². The van der Waals surface area contributed by atoms with Crippen LogP contribution in [-0.2, 0) is 11.3 Å². The van der Waals surface area contributed by atoms with Crippen LogP contribution in [0.15, 0.2) is 48.5 Å². The van der Waals surface area contributed by atoms with Gasteiger partial charge in [-0.15, -0.1) is 0 Å². The first kappa shape index (κ1) is 32.9. The molecule has 6 nitrogen and oxygen atoms in total. The van der Waals surface area contributed by atoms with Crippen LogP contribution in [0.2, 0.25) is 0 Å². The first-order valence-electron chi connectivity index (χ1n) is 16.2. The Hall–Kier alpha value is -2.57. The average molecular weight is 569 g/mol. The van der Waals surface area contributed by atoms with Gasteiger partial charge in [0.25, 0.3) is 0 Å². The molecule has 2 atom stereocenters. The number of benzene rings is 2. The number of likely N-dealkylation sites (N-methyl/N-ethyl adjacent to an activating group) is 1. The van der Waals surface area contributed by atoms with Gasteiger partial charge < -0.3 is 19.9 Å². The lowest BCUT2D eigenvalue weighted by molar-refractivity contribution is -0.123. The standard InChI is InChI=1S/C35H54N2O4.H2/c1-3-4-5-6-7-8-9-10-11-12-13-14-18-21-34(38)36-31(28-37(2)27-29-19-16-15-17-20-29)35(39)30-22-23-32-33(26-30)41-25-24-40-32;/h15-17,19-20,22-23,26,31,35,39H,3-14,18,21,24-25,27-28H2,1-2H3,(H,36,38);1H/t31-,35-;/m1./s1. The number of nitrogens with zero attached hydrogens (tertiary/aromatic N) is 1. The Labute approximate surface area is 250 Å². The molecule has 2 N–H and O–H groups in total. The van der Waals surface area contributed by atoms with E-state index in [0.29, 0.717) is 43.2 Å². The van der Waals surface area contributed by atoms with Gasteiger partial charge in [-0.2, -0.15) is 0 Å². The van der Waals surface area contributed by atoms with Crippen LogP contribution < -0.4 is 14.8 Å². The van der Waals surface area contributed by atoms with Gasteiger partial charge in [-0.1, -0.05) is 120 Å². The Morgan fingerprint density at radius 2 is 1.44 bits per heavy atom. The maximum Gasteiger partial charge on any atom is 0.220 e. The topological polar surface area (TPSA) is 71.0 Å². The van der Waals surface area contributed by atoms with Gasteiger partial charge in [-0.3, -0.25) is 9.69 Å². The van der Waals surface area contributed by atoms with E-state index in [1.165, 1.54) is 76.2 Å². The maximum absolute atomic E-state index is 13.0. The molecule has 2 aromatic carbocycles. The van der Waals surface area contributed by atoms with Crippen molar-refractivity contribution in [1.82, 2.24) is 10.2 Å². The van der Waals surface area contributed by atoms with Gasteiger partial charge in [0.2, 0.25) is 5.91 Å². The SMILES string of the molecule is CCCCCCCCCCCCCCCC(=O)N[C@H](CN(C)Cc1ccccc1)[C@H](O)c1ccc2c(c1)OCCO2.[HH]. The largest absolute Gasteiger partial charge is 0.486 e. The molecule has 230 valence electrons. The number of aliphatic hydroxyl groups is 1. The third kappa shape index (κ3) is 12.9. The number of carbonyl (C=O) groups excluding carboxylic acids is 1. The molecule has 1 heterocycles. The molecule has 0 saturated carbocycles. The quantitative estimate of drug-likeness (QED) is 0.150. The van der Waals surface area contributed by atoms with Gasteiger partial charge >= 0.3 is 0 Å². The Balaban J connectivity index is 0.00000616. The summed E-state index contributed by atoms with van der Waals surface area (Å²) in [6.45, 7) is 4.54. The van der Waals surface area contributed by atoms with E-state index in [-0.39, 0.29) is 7.33 Å². The summed E-state index contributed by atoms with van der Waals surface area (Å²) in [6, 6.07) is 15.3. The van der Waals surface area contributed by atoms with E-state index < -0.39 is 12.1 Å². The predicted octanol–water partition coefficient (Wildman–Crippen LogP) is 7.84. The molecular formula is C35H56N2O4. The number of amides is 1. The van der Waals surface area contributed by atoms with Crippen LogP contribution in [0.4, 0.5) is 0 Å². The van der Waals surface area contributed by atoms with Crippen LogP contribution >= 0.6 is 0 Å². The highest BCUT2D eigenvalue weighted by Gasteiger charge is 2.26. The first-order chi connectivity index (χ1) is 20.1. The van der Waals surface area contributed by atoms with E-state index in [1.54, 1.807) is 0 Å². The summed E-state index contributed by atoms with van der Waals surface area (Å²) in [6.07, 6.45) is 16.3. The van der Waals surface area contributed by atoms with Crippen LogP contribution in [0, 0.1) is 0 Å². The van der Waals surface area contributed by atoms with E-state index in [2.05, 4.69) is 29.3 Å². The van der Waals surface area contributed by atoms with E-state index in [1.807, 2.05) is 43.4 Å². The molecule has 0 unspecified atom stereocenters. The summed E-state index contributed by atoms with van der Waals surface area (Å²) in [7, 11) is 2.02. The lowest BCUT2D eigenvalue weighted by atomic mass is 10.00.